The van der Waals surface area contributed by atoms with Crippen molar-refractivity contribution in [2.45, 2.75) is 26.3 Å². The van der Waals surface area contributed by atoms with Crippen molar-refractivity contribution in [3.63, 3.8) is 0 Å². The van der Waals surface area contributed by atoms with E-state index in [0.717, 1.165) is 43.3 Å². The number of nitrogens with zero attached hydrogens (tertiary/aromatic N) is 4. The summed E-state index contributed by atoms with van der Waals surface area (Å²) < 4.78 is 5.55. The summed E-state index contributed by atoms with van der Waals surface area (Å²) in [6.45, 7) is 4.11. The van der Waals surface area contributed by atoms with Crippen LogP contribution in [-0.4, -0.2) is 40.9 Å². The highest BCUT2D eigenvalue weighted by Crippen LogP contribution is 2.23. The topological polar surface area (TPSA) is 62.5 Å². The molecular formula is C17H22N4O2. The van der Waals surface area contributed by atoms with Crippen LogP contribution in [0.5, 0.6) is 0 Å². The molecule has 23 heavy (non-hydrogen) atoms. The number of hydrogen-bond acceptors (Lipinski definition) is 5. The highest BCUT2D eigenvalue weighted by molar-refractivity contribution is 5.78. The van der Waals surface area contributed by atoms with E-state index in [9.17, 15) is 4.79 Å². The number of aromatic nitrogens is 2. The number of piperidine rings is 1. The summed E-state index contributed by atoms with van der Waals surface area (Å²) in [5.74, 6) is 2.85. The summed E-state index contributed by atoms with van der Waals surface area (Å²) in [5.41, 5.74) is 0. The molecule has 1 aliphatic heterocycles. The molecule has 6 nitrogen and oxygen atoms in total. The Hall–Kier alpha value is -2.37. The van der Waals surface area contributed by atoms with Crippen LogP contribution in [0.4, 0.5) is 5.82 Å². The molecule has 0 unspecified atom stereocenters. The molecule has 0 bridgehead atoms. The van der Waals surface area contributed by atoms with Crippen molar-refractivity contribution in [2.24, 2.45) is 5.92 Å². The van der Waals surface area contributed by atoms with Gasteiger partial charge in [-0.2, -0.15) is 0 Å². The van der Waals surface area contributed by atoms with Crippen molar-refractivity contribution in [1.82, 2.24) is 14.9 Å². The lowest BCUT2D eigenvalue weighted by molar-refractivity contribution is -0.135. The van der Waals surface area contributed by atoms with Crippen LogP contribution in [0.2, 0.25) is 0 Å². The van der Waals surface area contributed by atoms with Gasteiger partial charge >= 0.3 is 0 Å². The van der Waals surface area contributed by atoms with Crippen LogP contribution in [0.25, 0.3) is 0 Å². The summed E-state index contributed by atoms with van der Waals surface area (Å²) in [5, 5.41) is 0. The zero-order valence-electron chi connectivity index (χ0n) is 13.6. The Labute approximate surface area is 136 Å². The fourth-order valence-electron chi connectivity index (χ4n) is 3.00. The highest BCUT2D eigenvalue weighted by atomic mass is 16.3. The van der Waals surface area contributed by atoms with Gasteiger partial charge in [-0.05, 0) is 31.9 Å². The first-order chi connectivity index (χ1) is 11.1. The minimum Gasteiger partial charge on any atom is -0.464 e. The first-order valence-corrected chi connectivity index (χ1v) is 7.95. The predicted molar refractivity (Wildman–Crippen MR) is 86.9 cm³/mol. The van der Waals surface area contributed by atoms with Crippen molar-refractivity contribution >= 4 is 11.7 Å². The molecule has 1 saturated heterocycles. The SMILES string of the molecule is Cc1ccc(CN(C)C(=O)C2CCN(c3cnccn3)CC2)o1. The molecule has 2 aromatic heterocycles. The second kappa shape index (κ2) is 6.81. The molecule has 0 aromatic carbocycles. The average molecular weight is 314 g/mol. The van der Waals surface area contributed by atoms with E-state index in [2.05, 4.69) is 14.9 Å². The van der Waals surface area contributed by atoms with Crippen LogP contribution in [0.1, 0.15) is 24.4 Å². The van der Waals surface area contributed by atoms with Crippen molar-refractivity contribution in [1.29, 1.82) is 0 Å². The molecule has 0 spiro atoms. The number of anilines is 1. The van der Waals surface area contributed by atoms with E-state index in [1.54, 1.807) is 23.5 Å². The molecule has 1 aliphatic rings. The molecule has 0 saturated carbocycles. The van der Waals surface area contributed by atoms with Crippen LogP contribution >= 0.6 is 0 Å². The molecule has 1 fully saturated rings. The summed E-state index contributed by atoms with van der Waals surface area (Å²) in [6, 6.07) is 3.85. The van der Waals surface area contributed by atoms with Gasteiger partial charge < -0.3 is 14.2 Å². The minimum absolute atomic E-state index is 0.0731. The second-order valence-electron chi connectivity index (χ2n) is 6.03. The summed E-state index contributed by atoms with van der Waals surface area (Å²) in [6.07, 6.45) is 6.83. The van der Waals surface area contributed by atoms with Gasteiger partial charge in [0, 0.05) is 38.4 Å². The molecule has 1 amide bonds. The molecule has 6 heteroatoms. The third kappa shape index (κ3) is 3.70. The molecule has 0 atom stereocenters. The van der Waals surface area contributed by atoms with E-state index in [0.29, 0.717) is 6.54 Å². The maximum absolute atomic E-state index is 12.6. The van der Waals surface area contributed by atoms with E-state index in [1.165, 1.54) is 0 Å². The smallest absolute Gasteiger partial charge is 0.225 e. The number of carbonyl (C=O) groups is 1. The van der Waals surface area contributed by atoms with Crippen molar-refractivity contribution < 1.29 is 9.21 Å². The van der Waals surface area contributed by atoms with E-state index >= 15 is 0 Å². The molecule has 3 heterocycles. The molecule has 0 aliphatic carbocycles. The van der Waals surface area contributed by atoms with Crippen LogP contribution < -0.4 is 4.90 Å². The quantitative estimate of drug-likeness (QED) is 0.866. The first kappa shape index (κ1) is 15.5. The Balaban J connectivity index is 1.53. The van der Waals surface area contributed by atoms with Gasteiger partial charge in [-0.1, -0.05) is 0 Å². The monoisotopic (exact) mass is 314 g/mol. The molecular weight excluding hydrogens is 292 g/mol. The van der Waals surface area contributed by atoms with Gasteiger partial charge in [-0.15, -0.1) is 0 Å². The second-order valence-corrected chi connectivity index (χ2v) is 6.03. The van der Waals surface area contributed by atoms with E-state index in [1.807, 2.05) is 26.1 Å². The van der Waals surface area contributed by atoms with E-state index in [4.69, 9.17) is 4.42 Å². The van der Waals surface area contributed by atoms with Gasteiger partial charge in [0.15, 0.2) is 0 Å². The van der Waals surface area contributed by atoms with Crippen LogP contribution in [0, 0.1) is 12.8 Å². The van der Waals surface area contributed by atoms with Crippen LogP contribution in [0.15, 0.2) is 35.1 Å². The molecule has 122 valence electrons. The van der Waals surface area contributed by atoms with Crippen LogP contribution in [0.3, 0.4) is 0 Å². The third-order valence-corrected chi connectivity index (χ3v) is 4.28. The van der Waals surface area contributed by atoms with Gasteiger partial charge in [0.2, 0.25) is 5.91 Å². The molecule has 2 aromatic rings. The summed E-state index contributed by atoms with van der Waals surface area (Å²) in [4.78, 5) is 25.0. The van der Waals surface area contributed by atoms with Crippen molar-refractivity contribution in [3.05, 3.63) is 42.2 Å². The zero-order valence-corrected chi connectivity index (χ0v) is 13.6. The molecule has 0 radical (unpaired) electrons. The number of hydrogen-bond donors (Lipinski definition) is 0. The average Bonchev–Trinajstić information content (AvgIpc) is 3.00. The number of carbonyl (C=O) groups excluding carboxylic acids is 1. The van der Waals surface area contributed by atoms with Crippen molar-refractivity contribution in [2.75, 3.05) is 25.0 Å². The maximum Gasteiger partial charge on any atom is 0.225 e. The zero-order chi connectivity index (χ0) is 16.2. The van der Waals surface area contributed by atoms with Gasteiger partial charge in [0.25, 0.3) is 0 Å². The number of rotatable bonds is 4. The lowest BCUT2D eigenvalue weighted by Crippen LogP contribution is -2.41. The van der Waals surface area contributed by atoms with Gasteiger partial charge in [-0.3, -0.25) is 9.78 Å². The number of amides is 1. The Morgan fingerprint density at radius 2 is 2.13 bits per heavy atom. The van der Waals surface area contributed by atoms with Gasteiger partial charge in [-0.25, -0.2) is 4.98 Å². The fraction of sp³-hybridized carbons (Fsp3) is 0.471. The maximum atomic E-state index is 12.6. The number of aryl methyl sites for hydroxylation is 1. The largest absolute Gasteiger partial charge is 0.464 e. The lowest BCUT2D eigenvalue weighted by Gasteiger charge is -2.33. The number of furan rings is 1. The highest BCUT2D eigenvalue weighted by Gasteiger charge is 2.28. The van der Waals surface area contributed by atoms with Crippen molar-refractivity contribution in [3.8, 4) is 0 Å². The summed E-state index contributed by atoms with van der Waals surface area (Å²) >= 11 is 0. The Bertz CT molecular complexity index is 648. The Morgan fingerprint density at radius 1 is 1.35 bits per heavy atom. The van der Waals surface area contributed by atoms with Gasteiger partial charge in [0.05, 0.1) is 12.7 Å². The van der Waals surface area contributed by atoms with E-state index < -0.39 is 0 Å². The lowest BCUT2D eigenvalue weighted by atomic mass is 9.95. The summed E-state index contributed by atoms with van der Waals surface area (Å²) in [7, 11) is 1.84. The standard InChI is InChI=1S/C17H22N4O2/c1-13-3-4-15(23-13)12-20(2)17(22)14-5-9-21(10-6-14)16-11-18-7-8-19-16/h3-4,7-8,11,14H,5-6,9-10,12H2,1-2H3. The molecule has 3 rings (SSSR count). The molecule has 0 N–H and O–H groups in total. The third-order valence-electron chi connectivity index (χ3n) is 4.28. The minimum atomic E-state index is 0.0731. The van der Waals surface area contributed by atoms with Crippen LogP contribution in [-0.2, 0) is 11.3 Å². The fourth-order valence-corrected chi connectivity index (χ4v) is 3.00. The predicted octanol–water partition coefficient (Wildman–Crippen LogP) is 2.25. The van der Waals surface area contributed by atoms with E-state index in [-0.39, 0.29) is 11.8 Å². The first-order valence-electron chi connectivity index (χ1n) is 7.95. The Morgan fingerprint density at radius 3 is 2.74 bits per heavy atom. The van der Waals surface area contributed by atoms with Gasteiger partial charge in [0.1, 0.15) is 17.3 Å². The Kier molecular flexibility index (Phi) is 4.60. The normalized spacial score (nSPS) is 15.7.